The summed E-state index contributed by atoms with van der Waals surface area (Å²) in [6, 6.07) is 13.8. The van der Waals surface area contributed by atoms with Gasteiger partial charge in [-0.25, -0.2) is 0 Å². The second-order valence-electron chi connectivity index (χ2n) is 7.96. The number of carbonyl (C=O) groups is 2. The molecule has 32 heavy (non-hydrogen) atoms. The molecule has 0 N–H and O–H groups in total. The lowest BCUT2D eigenvalue weighted by Gasteiger charge is -2.36. The molecule has 3 heterocycles. The fraction of sp³-hybridized carbons (Fsp3) is 0.292. The molecule has 1 atom stereocenters. The van der Waals surface area contributed by atoms with Gasteiger partial charge in [0.1, 0.15) is 12.2 Å². The van der Waals surface area contributed by atoms with Crippen LogP contribution in [0.2, 0.25) is 0 Å². The lowest BCUT2D eigenvalue weighted by Crippen LogP contribution is -2.55. The van der Waals surface area contributed by atoms with Gasteiger partial charge in [0.25, 0.3) is 11.8 Å². The number of aryl methyl sites for hydroxylation is 1. The van der Waals surface area contributed by atoms with Gasteiger partial charge in [0, 0.05) is 32.2 Å². The monoisotopic (exact) mass is 434 g/mol. The largest absolute Gasteiger partial charge is 0.485 e. The molecule has 8 heteroatoms. The number of benzene rings is 2. The van der Waals surface area contributed by atoms with E-state index in [9.17, 15) is 14.4 Å². The number of ether oxygens (including phenoxy) is 2. The van der Waals surface area contributed by atoms with E-state index in [1.165, 1.54) is 6.07 Å². The number of hydrogen-bond donors (Lipinski definition) is 0. The molecule has 8 nitrogen and oxygen atoms in total. The first-order valence-electron chi connectivity index (χ1n) is 10.5. The zero-order valence-electron chi connectivity index (χ0n) is 17.6. The van der Waals surface area contributed by atoms with E-state index in [1.54, 1.807) is 34.1 Å². The number of amides is 2. The lowest BCUT2D eigenvalue weighted by molar-refractivity contribution is -0.142. The van der Waals surface area contributed by atoms with Gasteiger partial charge in [-0.1, -0.05) is 23.8 Å². The molecule has 5 rings (SSSR count). The maximum absolute atomic E-state index is 12.9. The van der Waals surface area contributed by atoms with Crippen LogP contribution < -0.4 is 14.9 Å². The van der Waals surface area contributed by atoms with Crippen molar-refractivity contribution in [3.8, 4) is 11.5 Å². The smallest absolute Gasteiger partial charge is 0.289 e. The maximum Gasteiger partial charge on any atom is 0.289 e. The molecule has 0 saturated carbocycles. The third kappa shape index (κ3) is 3.68. The van der Waals surface area contributed by atoms with E-state index in [4.69, 9.17) is 13.9 Å². The van der Waals surface area contributed by atoms with Crippen molar-refractivity contribution in [2.75, 3.05) is 32.8 Å². The van der Waals surface area contributed by atoms with E-state index < -0.39 is 6.10 Å². The van der Waals surface area contributed by atoms with Gasteiger partial charge in [0.05, 0.1) is 5.39 Å². The molecule has 0 radical (unpaired) electrons. The SMILES string of the molecule is Cc1ccc2oc(C(=O)N3CCN(C(=O)[C@@H]4COc5ccccc5O4)CC3)cc(=O)c2c1. The molecule has 2 amide bonds. The average molecular weight is 434 g/mol. The highest BCUT2D eigenvalue weighted by molar-refractivity contribution is 5.93. The summed E-state index contributed by atoms with van der Waals surface area (Å²) in [5, 5.41) is 0.452. The highest BCUT2D eigenvalue weighted by atomic mass is 16.6. The summed E-state index contributed by atoms with van der Waals surface area (Å²) in [5.41, 5.74) is 1.08. The van der Waals surface area contributed by atoms with Crippen molar-refractivity contribution in [1.82, 2.24) is 9.80 Å². The van der Waals surface area contributed by atoms with E-state index in [-0.39, 0.29) is 29.6 Å². The molecule has 2 aromatic carbocycles. The standard InChI is InChI=1S/C24H22N2O6/c1-15-6-7-18-16(12-15)17(27)13-21(31-18)23(28)25-8-10-26(11-9-25)24(29)22-14-30-19-4-2-3-5-20(19)32-22/h2-7,12-13,22H,8-11,14H2,1H3/t22-/m0/s1. The van der Waals surface area contributed by atoms with Crippen LogP contribution in [-0.2, 0) is 4.79 Å². The Bertz CT molecular complexity index is 1260. The van der Waals surface area contributed by atoms with Gasteiger partial charge in [-0.2, -0.15) is 0 Å². The summed E-state index contributed by atoms with van der Waals surface area (Å²) in [4.78, 5) is 41.5. The van der Waals surface area contributed by atoms with Crippen molar-refractivity contribution in [3.05, 3.63) is 70.1 Å². The molecule has 0 spiro atoms. The summed E-state index contributed by atoms with van der Waals surface area (Å²) in [5.74, 6) is 0.653. The third-order valence-electron chi connectivity index (χ3n) is 5.76. The van der Waals surface area contributed by atoms with Crippen molar-refractivity contribution < 1.29 is 23.5 Å². The van der Waals surface area contributed by atoms with Crippen molar-refractivity contribution in [1.29, 1.82) is 0 Å². The van der Waals surface area contributed by atoms with Crippen LogP contribution in [0.5, 0.6) is 11.5 Å². The summed E-state index contributed by atoms with van der Waals surface area (Å²) in [6.45, 7) is 3.44. The van der Waals surface area contributed by atoms with Crippen molar-refractivity contribution in [2.24, 2.45) is 0 Å². The Balaban J connectivity index is 1.24. The number of hydrogen-bond acceptors (Lipinski definition) is 6. The highest BCUT2D eigenvalue weighted by Crippen LogP contribution is 2.31. The van der Waals surface area contributed by atoms with E-state index in [0.717, 1.165) is 5.56 Å². The first kappa shape index (κ1) is 20.1. The Morgan fingerprint density at radius 3 is 2.44 bits per heavy atom. The second kappa shape index (κ2) is 8.03. The Hall–Kier alpha value is -3.81. The van der Waals surface area contributed by atoms with Gasteiger partial charge >= 0.3 is 0 Å². The van der Waals surface area contributed by atoms with Crippen LogP contribution in [0.4, 0.5) is 0 Å². The van der Waals surface area contributed by atoms with Crippen LogP contribution in [0.1, 0.15) is 16.1 Å². The quantitative estimate of drug-likeness (QED) is 0.615. The number of para-hydroxylation sites is 2. The topological polar surface area (TPSA) is 89.3 Å². The Morgan fingerprint density at radius 2 is 1.66 bits per heavy atom. The molecule has 2 aliphatic rings. The molecule has 1 fully saturated rings. The second-order valence-corrected chi connectivity index (χ2v) is 7.96. The van der Waals surface area contributed by atoms with Crippen LogP contribution in [0.25, 0.3) is 11.0 Å². The first-order valence-corrected chi connectivity index (χ1v) is 10.5. The van der Waals surface area contributed by atoms with Gasteiger partial charge in [0.2, 0.25) is 6.10 Å². The molecule has 164 valence electrons. The minimum atomic E-state index is -0.714. The van der Waals surface area contributed by atoms with E-state index in [1.807, 2.05) is 25.1 Å². The van der Waals surface area contributed by atoms with E-state index in [2.05, 4.69) is 0 Å². The van der Waals surface area contributed by atoms with E-state index >= 15 is 0 Å². The fourth-order valence-electron chi connectivity index (χ4n) is 4.01. The Morgan fingerprint density at radius 1 is 0.938 bits per heavy atom. The fourth-order valence-corrected chi connectivity index (χ4v) is 4.01. The van der Waals surface area contributed by atoms with E-state index in [0.29, 0.717) is 48.6 Å². The zero-order chi connectivity index (χ0) is 22.2. The number of fused-ring (bicyclic) bond motifs is 2. The van der Waals surface area contributed by atoms with Gasteiger partial charge < -0.3 is 23.7 Å². The van der Waals surface area contributed by atoms with Gasteiger partial charge in [-0.05, 0) is 31.2 Å². The molecule has 0 unspecified atom stereocenters. The Labute approximate surface area is 183 Å². The minimum absolute atomic E-state index is 0.00625. The highest BCUT2D eigenvalue weighted by Gasteiger charge is 2.34. The molecule has 3 aromatic rings. The zero-order valence-corrected chi connectivity index (χ0v) is 17.6. The van der Waals surface area contributed by atoms with Gasteiger partial charge in [0.15, 0.2) is 22.7 Å². The summed E-state index contributed by atoms with van der Waals surface area (Å²) < 4.78 is 17.2. The van der Waals surface area contributed by atoms with Crippen LogP contribution in [-0.4, -0.2) is 60.5 Å². The molecule has 1 aromatic heterocycles. The number of piperazine rings is 1. The normalized spacial score (nSPS) is 18.0. The summed E-state index contributed by atoms with van der Waals surface area (Å²) >= 11 is 0. The molecular formula is C24H22N2O6. The average Bonchev–Trinajstić information content (AvgIpc) is 2.83. The number of rotatable bonds is 2. The predicted molar refractivity (Wildman–Crippen MR) is 116 cm³/mol. The van der Waals surface area contributed by atoms with Crippen molar-refractivity contribution >= 4 is 22.8 Å². The van der Waals surface area contributed by atoms with Crippen LogP contribution >= 0.6 is 0 Å². The Kier molecular flexibility index (Phi) is 5.05. The molecule has 1 saturated heterocycles. The number of carbonyl (C=O) groups excluding carboxylic acids is 2. The third-order valence-corrected chi connectivity index (χ3v) is 5.76. The predicted octanol–water partition coefficient (Wildman–Crippen LogP) is 2.23. The van der Waals surface area contributed by atoms with Crippen molar-refractivity contribution in [2.45, 2.75) is 13.0 Å². The maximum atomic E-state index is 12.9. The number of nitrogens with zero attached hydrogens (tertiary/aromatic N) is 2. The lowest BCUT2D eigenvalue weighted by atomic mass is 10.1. The van der Waals surface area contributed by atoms with Crippen LogP contribution in [0, 0.1) is 6.92 Å². The summed E-state index contributed by atoms with van der Waals surface area (Å²) in [7, 11) is 0. The van der Waals surface area contributed by atoms with Crippen LogP contribution in [0.15, 0.2) is 57.7 Å². The van der Waals surface area contributed by atoms with Crippen LogP contribution in [0.3, 0.4) is 0 Å². The van der Waals surface area contributed by atoms with Crippen molar-refractivity contribution in [3.63, 3.8) is 0 Å². The minimum Gasteiger partial charge on any atom is -0.485 e. The molecular weight excluding hydrogens is 412 g/mol. The molecule has 0 aliphatic carbocycles. The molecule has 2 aliphatic heterocycles. The first-order chi connectivity index (χ1) is 15.5. The van der Waals surface area contributed by atoms with Gasteiger partial charge in [-0.15, -0.1) is 0 Å². The summed E-state index contributed by atoms with van der Waals surface area (Å²) in [6.07, 6.45) is -0.714. The van der Waals surface area contributed by atoms with Gasteiger partial charge in [-0.3, -0.25) is 14.4 Å². The molecule has 0 bridgehead atoms.